The molecular formula is C8H9ClN4O. The fourth-order valence-corrected chi connectivity index (χ4v) is 0.938. The lowest BCUT2D eigenvalue weighted by molar-refractivity contribution is -0.115. The maximum absolute atomic E-state index is 11.2. The summed E-state index contributed by atoms with van der Waals surface area (Å²) in [5, 5.41) is 14.4. The smallest absolute Gasteiger partial charge is 0.243 e. The Morgan fingerprint density at radius 2 is 2.50 bits per heavy atom. The van der Waals surface area contributed by atoms with Gasteiger partial charge in [-0.2, -0.15) is 10.4 Å². The minimum absolute atomic E-state index is 0.318. The van der Waals surface area contributed by atoms with E-state index in [1.807, 2.05) is 6.07 Å². The number of aromatic nitrogens is 2. The Labute approximate surface area is 86.3 Å². The fourth-order valence-electron chi connectivity index (χ4n) is 0.884. The van der Waals surface area contributed by atoms with Crippen LogP contribution in [0.2, 0.25) is 0 Å². The summed E-state index contributed by atoms with van der Waals surface area (Å²) in [5.74, 6) is 0.0109. The number of rotatable bonds is 2. The number of carbonyl (C=O) groups is 1. The van der Waals surface area contributed by atoms with Crippen LogP contribution in [0, 0.1) is 11.3 Å². The predicted molar refractivity (Wildman–Crippen MR) is 51.9 cm³/mol. The van der Waals surface area contributed by atoms with E-state index in [4.69, 9.17) is 16.9 Å². The molecule has 0 saturated heterocycles. The highest BCUT2D eigenvalue weighted by atomic mass is 35.5. The normalized spacial score (nSPS) is 11.9. The number of anilines is 1. The molecule has 1 N–H and O–H groups in total. The lowest BCUT2D eigenvalue weighted by Crippen LogP contribution is -2.22. The molecular weight excluding hydrogens is 204 g/mol. The highest BCUT2D eigenvalue weighted by molar-refractivity contribution is 6.32. The summed E-state index contributed by atoms with van der Waals surface area (Å²) in [5.41, 5.74) is 0.318. The van der Waals surface area contributed by atoms with Gasteiger partial charge < -0.3 is 5.32 Å². The largest absolute Gasteiger partial charge is 0.309 e. The second-order valence-electron chi connectivity index (χ2n) is 2.75. The third kappa shape index (κ3) is 2.03. The van der Waals surface area contributed by atoms with Crippen LogP contribution in [-0.4, -0.2) is 21.1 Å². The Kier molecular flexibility index (Phi) is 3.10. The third-order valence-electron chi connectivity index (χ3n) is 1.66. The number of hydrogen-bond acceptors (Lipinski definition) is 3. The minimum atomic E-state index is -0.642. The Balaban J connectivity index is 2.91. The Morgan fingerprint density at radius 3 is 3.00 bits per heavy atom. The van der Waals surface area contributed by atoms with Crippen molar-refractivity contribution in [1.82, 2.24) is 9.78 Å². The Morgan fingerprint density at radius 1 is 1.86 bits per heavy atom. The van der Waals surface area contributed by atoms with E-state index in [2.05, 4.69) is 10.4 Å². The molecule has 1 rings (SSSR count). The van der Waals surface area contributed by atoms with Gasteiger partial charge in [0.15, 0.2) is 0 Å². The lowest BCUT2D eigenvalue weighted by atomic mass is 10.3. The van der Waals surface area contributed by atoms with Crippen LogP contribution in [0.4, 0.5) is 5.82 Å². The Hall–Kier alpha value is -1.54. The maximum Gasteiger partial charge on any atom is 0.243 e. The maximum atomic E-state index is 11.2. The molecule has 0 aliphatic rings. The molecule has 6 heteroatoms. The van der Waals surface area contributed by atoms with Crippen molar-refractivity contribution >= 4 is 23.3 Å². The summed E-state index contributed by atoms with van der Waals surface area (Å²) in [6.45, 7) is 1.55. The van der Waals surface area contributed by atoms with Crippen LogP contribution in [0.25, 0.3) is 0 Å². The molecule has 0 saturated carbocycles. The van der Waals surface area contributed by atoms with Crippen molar-refractivity contribution in [1.29, 1.82) is 5.26 Å². The number of alkyl halides is 1. The number of amides is 1. The topological polar surface area (TPSA) is 70.7 Å². The molecule has 1 aromatic rings. The summed E-state index contributed by atoms with van der Waals surface area (Å²) < 4.78 is 1.41. The molecule has 1 heterocycles. The van der Waals surface area contributed by atoms with Crippen LogP contribution in [0.1, 0.15) is 12.5 Å². The number of carbonyl (C=O) groups excluding carboxylic acids is 1. The number of aryl methyl sites for hydroxylation is 1. The van der Waals surface area contributed by atoms with Gasteiger partial charge in [0.25, 0.3) is 0 Å². The molecule has 0 aromatic carbocycles. The first-order valence-electron chi connectivity index (χ1n) is 3.93. The molecule has 5 nitrogen and oxygen atoms in total. The van der Waals surface area contributed by atoms with Crippen molar-refractivity contribution in [3.8, 4) is 6.07 Å². The molecule has 0 fully saturated rings. The molecule has 0 bridgehead atoms. The number of hydrogen-bond donors (Lipinski definition) is 1. The molecule has 0 radical (unpaired) electrons. The van der Waals surface area contributed by atoms with E-state index in [9.17, 15) is 4.79 Å². The summed E-state index contributed by atoms with van der Waals surface area (Å²) in [4.78, 5) is 11.2. The summed E-state index contributed by atoms with van der Waals surface area (Å²) in [6, 6.07) is 1.92. The van der Waals surface area contributed by atoms with E-state index in [1.54, 1.807) is 14.0 Å². The molecule has 1 aromatic heterocycles. The van der Waals surface area contributed by atoms with E-state index in [1.165, 1.54) is 10.9 Å². The van der Waals surface area contributed by atoms with Crippen molar-refractivity contribution < 1.29 is 4.79 Å². The van der Waals surface area contributed by atoms with Gasteiger partial charge in [0.05, 0.1) is 6.20 Å². The first-order valence-corrected chi connectivity index (χ1v) is 4.37. The Bertz CT molecular complexity index is 391. The molecule has 0 aliphatic heterocycles. The second kappa shape index (κ2) is 4.11. The van der Waals surface area contributed by atoms with Crippen LogP contribution < -0.4 is 5.32 Å². The van der Waals surface area contributed by atoms with Crippen molar-refractivity contribution in [3.05, 3.63) is 11.8 Å². The summed E-state index contributed by atoms with van der Waals surface area (Å²) in [7, 11) is 1.63. The average molecular weight is 213 g/mol. The van der Waals surface area contributed by atoms with E-state index in [-0.39, 0.29) is 5.91 Å². The van der Waals surface area contributed by atoms with Crippen molar-refractivity contribution in [3.63, 3.8) is 0 Å². The highest BCUT2D eigenvalue weighted by Gasteiger charge is 2.14. The van der Waals surface area contributed by atoms with Gasteiger partial charge in [-0.05, 0) is 6.92 Å². The first-order chi connectivity index (χ1) is 6.56. The number of nitrogens with one attached hydrogen (secondary N) is 1. The van der Waals surface area contributed by atoms with Crippen LogP contribution in [0.5, 0.6) is 0 Å². The van der Waals surface area contributed by atoms with E-state index >= 15 is 0 Å². The van der Waals surface area contributed by atoms with Gasteiger partial charge in [-0.3, -0.25) is 9.48 Å². The van der Waals surface area contributed by atoms with Gasteiger partial charge in [-0.15, -0.1) is 11.6 Å². The van der Waals surface area contributed by atoms with Crippen molar-refractivity contribution in [2.24, 2.45) is 7.05 Å². The molecule has 1 amide bonds. The highest BCUT2D eigenvalue weighted by Crippen LogP contribution is 2.13. The monoisotopic (exact) mass is 212 g/mol. The summed E-state index contributed by atoms with van der Waals surface area (Å²) in [6.07, 6.45) is 1.38. The zero-order valence-electron chi connectivity index (χ0n) is 7.78. The number of nitriles is 1. The average Bonchev–Trinajstić information content (AvgIpc) is 2.47. The SMILES string of the molecule is CC(Cl)C(=O)Nc1c(C#N)cnn1C. The molecule has 0 aliphatic carbocycles. The zero-order valence-corrected chi connectivity index (χ0v) is 8.54. The van der Waals surface area contributed by atoms with Crippen LogP contribution in [0.15, 0.2) is 6.20 Å². The van der Waals surface area contributed by atoms with E-state index in [0.717, 1.165) is 0 Å². The van der Waals surface area contributed by atoms with Gasteiger partial charge in [-0.1, -0.05) is 0 Å². The van der Waals surface area contributed by atoms with Gasteiger partial charge in [0.2, 0.25) is 5.91 Å². The zero-order chi connectivity index (χ0) is 10.7. The minimum Gasteiger partial charge on any atom is -0.309 e. The molecule has 1 atom stereocenters. The van der Waals surface area contributed by atoms with E-state index in [0.29, 0.717) is 11.4 Å². The predicted octanol–water partition coefficient (Wildman–Crippen LogP) is 0.858. The number of nitrogens with zero attached hydrogens (tertiary/aromatic N) is 3. The van der Waals surface area contributed by atoms with Crippen LogP contribution >= 0.6 is 11.6 Å². The quantitative estimate of drug-likeness (QED) is 0.739. The van der Waals surface area contributed by atoms with Crippen LogP contribution in [-0.2, 0) is 11.8 Å². The fraction of sp³-hybridized carbons (Fsp3) is 0.375. The standard InChI is InChI=1S/C8H9ClN4O/c1-5(9)8(14)12-7-6(3-10)4-11-13(7)2/h4-5H,1-2H3,(H,12,14). The molecule has 74 valence electrons. The molecule has 14 heavy (non-hydrogen) atoms. The van der Waals surface area contributed by atoms with Crippen LogP contribution in [0.3, 0.4) is 0 Å². The first kappa shape index (κ1) is 10.5. The number of halogens is 1. The van der Waals surface area contributed by atoms with Gasteiger partial charge in [0, 0.05) is 7.05 Å². The molecule has 0 spiro atoms. The third-order valence-corrected chi connectivity index (χ3v) is 1.86. The van der Waals surface area contributed by atoms with Gasteiger partial charge >= 0.3 is 0 Å². The van der Waals surface area contributed by atoms with E-state index < -0.39 is 5.38 Å². The van der Waals surface area contributed by atoms with Gasteiger partial charge in [0.1, 0.15) is 22.8 Å². The molecule has 1 unspecified atom stereocenters. The van der Waals surface area contributed by atoms with Crippen molar-refractivity contribution in [2.45, 2.75) is 12.3 Å². The second-order valence-corrected chi connectivity index (χ2v) is 3.40. The van der Waals surface area contributed by atoms with Gasteiger partial charge in [-0.25, -0.2) is 0 Å². The van der Waals surface area contributed by atoms with Crippen molar-refractivity contribution in [2.75, 3.05) is 5.32 Å². The summed E-state index contributed by atoms with van der Waals surface area (Å²) >= 11 is 5.57. The lowest BCUT2D eigenvalue weighted by Gasteiger charge is -2.06.